The average Bonchev–Trinajstić information content (AvgIpc) is 2.49. The Hall–Kier alpha value is -1.61. The zero-order valence-corrected chi connectivity index (χ0v) is 13.2. The van der Waals surface area contributed by atoms with Crippen molar-refractivity contribution in [3.8, 4) is 0 Å². The minimum atomic E-state index is -0.102. The lowest BCUT2D eigenvalue weighted by atomic mass is 10.3. The predicted molar refractivity (Wildman–Crippen MR) is 89.5 cm³/mol. The van der Waals surface area contributed by atoms with Gasteiger partial charge in [0.15, 0.2) is 9.03 Å². The molecule has 0 aliphatic carbocycles. The molecule has 0 fully saturated rings. The molecule has 0 amide bonds. The molecule has 0 bridgehead atoms. The van der Waals surface area contributed by atoms with Gasteiger partial charge in [0.1, 0.15) is 12.5 Å². The third-order valence-corrected chi connectivity index (χ3v) is 3.64. The number of anilines is 2. The maximum absolute atomic E-state index is 5.61. The summed E-state index contributed by atoms with van der Waals surface area (Å²) < 4.78 is 11.2. The minimum absolute atomic E-state index is 0.0287. The van der Waals surface area contributed by atoms with Gasteiger partial charge in [-0.05, 0) is 38.1 Å². The molecule has 0 saturated heterocycles. The minimum Gasteiger partial charge on any atom is -0.360 e. The van der Waals surface area contributed by atoms with Gasteiger partial charge in [0.05, 0.1) is 0 Å². The first-order valence-corrected chi connectivity index (χ1v) is 7.75. The molecule has 0 heterocycles. The summed E-state index contributed by atoms with van der Waals surface area (Å²) in [5.74, 6) is 0. The van der Waals surface area contributed by atoms with Crippen LogP contribution < -0.4 is 10.6 Å². The fourth-order valence-electron chi connectivity index (χ4n) is 1.77. The molecule has 0 spiro atoms. The second-order valence-corrected chi connectivity index (χ2v) is 5.26. The van der Waals surface area contributed by atoms with E-state index in [0.29, 0.717) is 0 Å². The van der Waals surface area contributed by atoms with Crippen LogP contribution in [0, 0.1) is 0 Å². The predicted octanol–water partition coefficient (Wildman–Crippen LogP) is 4.44. The maximum Gasteiger partial charge on any atom is 0.159 e. The summed E-state index contributed by atoms with van der Waals surface area (Å²) in [6, 6.07) is 19.9. The van der Waals surface area contributed by atoms with Gasteiger partial charge in [0, 0.05) is 11.4 Å². The summed E-state index contributed by atoms with van der Waals surface area (Å²) in [7, 11) is -0.0287. The molecule has 2 N–H and O–H groups in total. The van der Waals surface area contributed by atoms with Crippen LogP contribution in [-0.2, 0) is 9.05 Å². The van der Waals surface area contributed by atoms with Crippen molar-refractivity contribution in [2.75, 3.05) is 10.6 Å². The molecule has 21 heavy (non-hydrogen) atoms. The molecule has 0 aliphatic heterocycles. The molecule has 2 atom stereocenters. The molecule has 0 radical (unpaired) electrons. The lowest BCUT2D eigenvalue weighted by molar-refractivity contribution is 0.200. The van der Waals surface area contributed by atoms with Gasteiger partial charge in [-0.25, -0.2) is 0 Å². The molecule has 0 aliphatic rings. The van der Waals surface area contributed by atoms with Crippen molar-refractivity contribution in [1.29, 1.82) is 0 Å². The molecule has 2 aromatic rings. The van der Waals surface area contributed by atoms with Gasteiger partial charge in [-0.3, -0.25) is 0 Å². The second kappa shape index (κ2) is 8.63. The van der Waals surface area contributed by atoms with E-state index in [1.807, 2.05) is 74.5 Å². The Balaban J connectivity index is 1.64. The highest BCUT2D eigenvalue weighted by atomic mass is 31.1. The van der Waals surface area contributed by atoms with Crippen LogP contribution in [0.1, 0.15) is 13.8 Å². The third kappa shape index (κ3) is 6.13. The van der Waals surface area contributed by atoms with Crippen molar-refractivity contribution in [2.24, 2.45) is 0 Å². The first-order chi connectivity index (χ1) is 10.2. The Morgan fingerprint density at radius 1 is 0.714 bits per heavy atom. The Bertz CT molecular complexity index is 463. The van der Waals surface area contributed by atoms with Crippen molar-refractivity contribution in [1.82, 2.24) is 0 Å². The van der Waals surface area contributed by atoms with E-state index in [1.165, 1.54) is 0 Å². The van der Waals surface area contributed by atoms with E-state index in [4.69, 9.17) is 9.05 Å². The normalized spacial score (nSPS) is 14.0. The summed E-state index contributed by atoms with van der Waals surface area (Å²) in [6.45, 7) is 3.91. The molecule has 2 aromatic carbocycles. The zero-order chi connectivity index (χ0) is 14.9. The number of hydrogen-bond acceptors (Lipinski definition) is 4. The van der Waals surface area contributed by atoms with Gasteiger partial charge >= 0.3 is 0 Å². The molecule has 0 aromatic heterocycles. The summed E-state index contributed by atoms with van der Waals surface area (Å²) in [4.78, 5) is 0. The van der Waals surface area contributed by atoms with Crippen LogP contribution in [0.15, 0.2) is 60.7 Å². The molecule has 2 rings (SSSR count). The Kier molecular flexibility index (Phi) is 6.48. The largest absolute Gasteiger partial charge is 0.360 e. The van der Waals surface area contributed by atoms with Crippen LogP contribution in [0.3, 0.4) is 0 Å². The van der Waals surface area contributed by atoms with Crippen LogP contribution in [0.4, 0.5) is 11.4 Å². The second-order valence-electron chi connectivity index (χ2n) is 4.62. The van der Waals surface area contributed by atoms with E-state index in [0.717, 1.165) is 11.4 Å². The summed E-state index contributed by atoms with van der Waals surface area (Å²) in [5, 5.41) is 6.50. The quantitative estimate of drug-likeness (QED) is 0.559. The van der Waals surface area contributed by atoms with E-state index in [-0.39, 0.29) is 21.5 Å². The fraction of sp³-hybridized carbons (Fsp3) is 0.250. The topological polar surface area (TPSA) is 42.5 Å². The van der Waals surface area contributed by atoms with Crippen LogP contribution in [0.25, 0.3) is 0 Å². The highest BCUT2D eigenvalue weighted by Gasteiger charge is 2.05. The standard InChI is InChI=1S/C16H21N2O2P/c1-13(17-15-9-5-3-6-10-15)19-21-20-14(2)18-16-11-7-4-8-12-16/h3-14,17-18,21H,1-2H3. The number of rotatable bonds is 8. The van der Waals surface area contributed by atoms with Gasteiger partial charge in [-0.1, -0.05) is 36.4 Å². The van der Waals surface area contributed by atoms with E-state index in [9.17, 15) is 0 Å². The van der Waals surface area contributed by atoms with E-state index in [2.05, 4.69) is 10.6 Å². The van der Waals surface area contributed by atoms with E-state index >= 15 is 0 Å². The smallest absolute Gasteiger partial charge is 0.159 e. The Morgan fingerprint density at radius 3 is 1.48 bits per heavy atom. The van der Waals surface area contributed by atoms with Crippen molar-refractivity contribution in [2.45, 2.75) is 26.3 Å². The van der Waals surface area contributed by atoms with Crippen LogP contribution in [0.5, 0.6) is 0 Å². The highest BCUT2D eigenvalue weighted by Crippen LogP contribution is 2.21. The third-order valence-electron chi connectivity index (χ3n) is 2.74. The summed E-state index contributed by atoms with van der Waals surface area (Å²) in [6.07, 6.45) is -0.204. The number of benzene rings is 2. The Labute approximate surface area is 127 Å². The molecular weight excluding hydrogens is 283 g/mol. The van der Waals surface area contributed by atoms with Crippen LogP contribution in [0.2, 0.25) is 0 Å². The van der Waals surface area contributed by atoms with Gasteiger partial charge in [0.2, 0.25) is 0 Å². The molecule has 4 nitrogen and oxygen atoms in total. The first-order valence-electron chi connectivity index (χ1n) is 6.93. The Morgan fingerprint density at radius 2 is 1.10 bits per heavy atom. The lowest BCUT2D eigenvalue weighted by Crippen LogP contribution is -2.18. The maximum atomic E-state index is 5.61. The van der Waals surface area contributed by atoms with Crippen molar-refractivity contribution < 1.29 is 9.05 Å². The van der Waals surface area contributed by atoms with Gasteiger partial charge in [-0.15, -0.1) is 0 Å². The number of para-hydroxylation sites is 2. The monoisotopic (exact) mass is 304 g/mol. The van der Waals surface area contributed by atoms with Crippen molar-refractivity contribution >= 4 is 20.4 Å². The molecule has 112 valence electrons. The molecule has 2 unspecified atom stereocenters. The average molecular weight is 304 g/mol. The number of hydrogen-bond donors (Lipinski definition) is 2. The fourth-order valence-corrected chi connectivity index (χ4v) is 2.23. The van der Waals surface area contributed by atoms with Crippen LogP contribution >= 0.6 is 9.03 Å². The van der Waals surface area contributed by atoms with E-state index in [1.54, 1.807) is 0 Å². The summed E-state index contributed by atoms with van der Waals surface area (Å²) in [5.41, 5.74) is 2.07. The van der Waals surface area contributed by atoms with Gasteiger partial charge in [-0.2, -0.15) is 0 Å². The SMILES string of the molecule is CC(Nc1ccccc1)OPOC(C)Nc1ccccc1. The number of nitrogens with one attached hydrogen (secondary N) is 2. The lowest BCUT2D eigenvalue weighted by Gasteiger charge is -2.19. The highest BCUT2D eigenvalue weighted by molar-refractivity contribution is 7.26. The molecule has 0 saturated carbocycles. The molecular formula is C16H21N2O2P. The zero-order valence-electron chi connectivity index (χ0n) is 12.2. The van der Waals surface area contributed by atoms with Crippen LogP contribution in [-0.4, -0.2) is 12.5 Å². The van der Waals surface area contributed by atoms with E-state index < -0.39 is 0 Å². The van der Waals surface area contributed by atoms with Crippen molar-refractivity contribution in [3.05, 3.63) is 60.7 Å². The van der Waals surface area contributed by atoms with Gasteiger partial charge < -0.3 is 19.7 Å². The van der Waals surface area contributed by atoms with Crippen molar-refractivity contribution in [3.63, 3.8) is 0 Å². The first kappa shape index (κ1) is 15.8. The summed E-state index contributed by atoms with van der Waals surface area (Å²) >= 11 is 0. The van der Waals surface area contributed by atoms with Gasteiger partial charge in [0.25, 0.3) is 0 Å². The molecule has 5 heteroatoms.